The fourth-order valence-corrected chi connectivity index (χ4v) is 3.42. The highest BCUT2D eigenvalue weighted by molar-refractivity contribution is 14.1. The number of carbonyl (C=O) groups excluding carboxylic acids is 1. The minimum atomic E-state index is 0.148. The summed E-state index contributed by atoms with van der Waals surface area (Å²) in [5, 5.41) is 1.94. The molecule has 1 aliphatic rings. The second kappa shape index (κ2) is 5.46. The summed E-state index contributed by atoms with van der Waals surface area (Å²) < 4.78 is 1.15. The van der Waals surface area contributed by atoms with Crippen molar-refractivity contribution in [2.24, 2.45) is 5.73 Å². The van der Waals surface area contributed by atoms with Crippen molar-refractivity contribution in [1.82, 2.24) is 4.90 Å². The molecule has 3 nitrogen and oxygen atoms in total. The third-order valence-corrected chi connectivity index (χ3v) is 4.76. The number of nitrogens with two attached hydrogens (primary N) is 1. The van der Waals surface area contributed by atoms with Gasteiger partial charge in [-0.1, -0.05) is 0 Å². The standard InChI is InChI=1S/C11H15IN2OS/c12-10-5-8(7-16-10)11(15)14-4-2-1-3-9(14)6-13/h5,7,9H,1-4,6,13H2. The lowest BCUT2D eigenvalue weighted by Gasteiger charge is -2.34. The van der Waals surface area contributed by atoms with E-state index in [1.165, 1.54) is 6.42 Å². The van der Waals surface area contributed by atoms with Crippen LogP contribution in [-0.4, -0.2) is 29.9 Å². The second-order valence-corrected chi connectivity index (χ2v) is 6.83. The van der Waals surface area contributed by atoms with Gasteiger partial charge >= 0.3 is 0 Å². The number of halogens is 1. The number of hydrogen-bond acceptors (Lipinski definition) is 3. The second-order valence-electron chi connectivity index (χ2n) is 4.02. The van der Waals surface area contributed by atoms with Crippen LogP contribution in [0.5, 0.6) is 0 Å². The van der Waals surface area contributed by atoms with E-state index in [-0.39, 0.29) is 11.9 Å². The first-order chi connectivity index (χ1) is 7.72. The summed E-state index contributed by atoms with van der Waals surface area (Å²) in [5.41, 5.74) is 6.54. The summed E-state index contributed by atoms with van der Waals surface area (Å²) in [6.45, 7) is 1.43. The molecule has 1 saturated heterocycles. The van der Waals surface area contributed by atoms with Gasteiger partial charge in [0, 0.05) is 24.5 Å². The Labute approximate surface area is 113 Å². The lowest BCUT2D eigenvalue weighted by molar-refractivity contribution is 0.0624. The van der Waals surface area contributed by atoms with E-state index in [0.29, 0.717) is 6.54 Å². The maximum absolute atomic E-state index is 12.3. The van der Waals surface area contributed by atoms with Crippen molar-refractivity contribution in [2.45, 2.75) is 25.3 Å². The fraction of sp³-hybridized carbons (Fsp3) is 0.545. The molecular weight excluding hydrogens is 335 g/mol. The van der Waals surface area contributed by atoms with Gasteiger partial charge in [-0.3, -0.25) is 4.79 Å². The van der Waals surface area contributed by atoms with Crippen molar-refractivity contribution < 1.29 is 4.79 Å². The molecule has 1 unspecified atom stereocenters. The largest absolute Gasteiger partial charge is 0.334 e. The Balaban J connectivity index is 2.13. The molecule has 1 amide bonds. The molecule has 1 atom stereocenters. The fourth-order valence-electron chi connectivity index (χ4n) is 2.10. The molecule has 0 saturated carbocycles. The number of hydrogen-bond donors (Lipinski definition) is 1. The topological polar surface area (TPSA) is 46.3 Å². The number of carbonyl (C=O) groups is 1. The Hall–Kier alpha value is -0.140. The van der Waals surface area contributed by atoms with Crippen molar-refractivity contribution >= 4 is 39.8 Å². The molecule has 5 heteroatoms. The van der Waals surface area contributed by atoms with Crippen LogP contribution < -0.4 is 5.73 Å². The first kappa shape index (κ1) is 12.3. The van der Waals surface area contributed by atoms with Gasteiger partial charge in [-0.15, -0.1) is 11.3 Å². The van der Waals surface area contributed by atoms with Crippen LogP contribution in [0, 0.1) is 2.88 Å². The zero-order chi connectivity index (χ0) is 11.5. The Bertz CT molecular complexity index is 380. The smallest absolute Gasteiger partial charge is 0.255 e. The molecule has 1 aliphatic heterocycles. The van der Waals surface area contributed by atoms with Crippen molar-refractivity contribution in [3.63, 3.8) is 0 Å². The number of thiophene rings is 1. The van der Waals surface area contributed by atoms with Crippen molar-refractivity contribution in [2.75, 3.05) is 13.1 Å². The summed E-state index contributed by atoms with van der Waals surface area (Å²) in [6, 6.07) is 2.19. The van der Waals surface area contributed by atoms with Crippen LogP contribution in [0.15, 0.2) is 11.4 Å². The first-order valence-corrected chi connectivity index (χ1v) is 7.43. The van der Waals surface area contributed by atoms with Gasteiger partial charge in [0.2, 0.25) is 0 Å². The van der Waals surface area contributed by atoms with Gasteiger partial charge in [-0.2, -0.15) is 0 Å². The van der Waals surface area contributed by atoms with Gasteiger partial charge in [-0.05, 0) is 47.9 Å². The Morgan fingerprint density at radius 2 is 2.44 bits per heavy atom. The summed E-state index contributed by atoms with van der Waals surface area (Å²) >= 11 is 3.86. The third-order valence-electron chi connectivity index (χ3n) is 2.97. The highest BCUT2D eigenvalue weighted by Crippen LogP contribution is 2.22. The number of piperidine rings is 1. The molecule has 1 aromatic heterocycles. The van der Waals surface area contributed by atoms with Crippen LogP contribution in [-0.2, 0) is 0 Å². The third kappa shape index (κ3) is 2.57. The Kier molecular flexibility index (Phi) is 4.21. The van der Waals surface area contributed by atoms with Gasteiger partial charge < -0.3 is 10.6 Å². The predicted octanol–water partition coefficient (Wildman–Crippen LogP) is 2.31. The highest BCUT2D eigenvalue weighted by atomic mass is 127. The molecule has 0 aromatic carbocycles. The van der Waals surface area contributed by atoms with E-state index in [1.807, 2.05) is 16.3 Å². The van der Waals surface area contributed by atoms with Crippen LogP contribution in [0.4, 0.5) is 0 Å². The monoisotopic (exact) mass is 350 g/mol. The van der Waals surface area contributed by atoms with E-state index in [9.17, 15) is 4.79 Å². The summed E-state index contributed by atoms with van der Waals surface area (Å²) in [7, 11) is 0. The number of amides is 1. The van der Waals surface area contributed by atoms with Gasteiger partial charge in [0.05, 0.1) is 8.45 Å². The zero-order valence-electron chi connectivity index (χ0n) is 8.99. The van der Waals surface area contributed by atoms with Crippen LogP contribution >= 0.6 is 33.9 Å². The zero-order valence-corrected chi connectivity index (χ0v) is 12.0. The molecule has 0 aliphatic carbocycles. The number of rotatable bonds is 2. The molecule has 2 rings (SSSR count). The number of likely N-dealkylation sites (tertiary alicyclic amines) is 1. The van der Waals surface area contributed by atoms with Crippen LogP contribution in [0.1, 0.15) is 29.6 Å². The number of nitrogens with zero attached hydrogens (tertiary/aromatic N) is 1. The summed E-state index contributed by atoms with van der Waals surface area (Å²) in [6.07, 6.45) is 3.33. The van der Waals surface area contributed by atoms with Gasteiger partial charge in [0.1, 0.15) is 0 Å². The van der Waals surface area contributed by atoms with Crippen molar-refractivity contribution in [3.05, 3.63) is 19.9 Å². The van der Waals surface area contributed by atoms with Gasteiger partial charge in [-0.25, -0.2) is 0 Å². The van der Waals surface area contributed by atoms with E-state index in [4.69, 9.17) is 5.73 Å². The molecule has 1 aromatic rings. The van der Waals surface area contributed by atoms with Gasteiger partial charge in [0.15, 0.2) is 0 Å². The molecule has 0 spiro atoms. The Morgan fingerprint density at radius 3 is 3.06 bits per heavy atom. The normalized spacial score (nSPS) is 21.1. The summed E-state index contributed by atoms with van der Waals surface area (Å²) in [4.78, 5) is 14.2. The lowest BCUT2D eigenvalue weighted by atomic mass is 10.0. The van der Waals surface area contributed by atoms with E-state index >= 15 is 0 Å². The van der Waals surface area contributed by atoms with E-state index in [0.717, 1.165) is 27.8 Å². The molecule has 16 heavy (non-hydrogen) atoms. The molecule has 88 valence electrons. The molecule has 0 bridgehead atoms. The van der Waals surface area contributed by atoms with E-state index in [2.05, 4.69) is 22.6 Å². The average Bonchev–Trinajstić information content (AvgIpc) is 2.75. The molecule has 0 radical (unpaired) electrons. The molecule has 2 N–H and O–H groups in total. The lowest BCUT2D eigenvalue weighted by Crippen LogP contribution is -2.47. The quantitative estimate of drug-likeness (QED) is 0.832. The molecular formula is C11H15IN2OS. The van der Waals surface area contributed by atoms with E-state index < -0.39 is 0 Å². The van der Waals surface area contributed by atoms with Crippen molar-refractivity contribution in [3.8, 4) is 0 Å². The SMILES string of the molecule is NCC1CCCCN1C(=O)c1csc(I)c1. The van der Waals surface area contributed by atoms with Crippen LogP contribution in [0.3, 0.4) is 0 Å². The molecule has 1 fully saturated rings. The highest BCUT2D eigenvalue weighted by Gasteiger charge is 2.26. The Morgan fingerprint density at radius 1 is 1.62 bits per heavy atom. The minimum Gasteiger partial charge on any atom is -0.334 e. The molecule has 2 heterocycles. The summed E-state index contributed by atoms with van der Waals surface area (Å²) in [5.74, 6) is 0.148. The maximum atomic E-state index is 12.3. The van der Waals surface area contributed by atoms with Crippen LogP contribution in [0.2, 0.25) is 0 Å². The maximum Gasteiger partial charge on any atom is 0.255 e. The van der Waals surface area contributed by atoms with E-state index in [1.54, 1.807) is 11.3 Å². The minimum absolute atomic E-state index is 0.148. The van der Waals surface area contributed by atoms with Gasteiger partial charge in [0.25, 0.3) is 5.91 Å². The van der Waals surface area contributed by atoms with Crippen molar-refractivity contribution in [1.29, 1.82) is 0 Å². The predicted molar refractivity (Wildman–Crippen MR) is 74.8 cm³/mol. The van der Waals surface area contributed by atoms with Crippen LogP contribution in [0.25, 0.3) is 0 Å². The average molecular weight is 350 g/mol. The first-order valence-electron chi connectivity index (χ1n) is 5.47.